The number of imide groups is 1. The third-order valence-corrected chi connectivity index (χ3v) is 3.10. The number of rotatable bonds is 7. The molecule has 1 rings (SSSR count). The van der Waals surface area contributed by atoms with Gasteiger partial charge in [-0.3, -0.25) is 10.1 Å². The maximum atomic E-state index is 11.5. The summed E-state index contributed by atoms with van der Waals surface area (Å²) in [6, 6.07) is 5.95. The second-order valence-electron chi connectivity index (χ2n) is 4.71. The number of hydrogen-bond donors (Lipinski definition) is 2. The van der Waals surface area contributed by atoms with Crippen LogP contribution in [0.25, 0.3) is 0 Å². The number of ether oxygens (including phenoxy) is 2. The normalized spacial score (nSPS) is 11.3. The molecule has 0 bridgehead atoms. The number of halogens is 1. The molecule has 0 heterocycles. The standard InChI is InChI=1S/C15H19ClN2O5/c1-3-10(2)17-15(21)18-13(19)8-23-14(20)9-22-12-7-5-4-6-11(12)16/h4-7,10H,3,8-9H2,1-2H3,(H2,17,18,19,21)/t10-/m0/s1. The first-order chi connectivity index (χ1) is 10.9. The van der Waals surface area contributed by atoms with Crippen LogP contribution in [-0.4, -0.2) is 37.2 Å². The fraction of sp³-hybridized carbons (Fsp3) is 0.400. The number of hydrogen-bond acceptors (Lipinski definition) is 5. The molecule has 0 aromatic heterocycles. The molecule has 0 aliphatic heterocycles. The van der Waals surface area contributed by atoms with Crippen LogP contribution in [-0.2, 0) is 14.3 Å². The summed E-state index contributed by atoms with van der Waals surface area (Å²) in [5.41, 5.74) is 0. The van der Waals surface area contributed by atoms with Crippen molar-refractivity contribution in [1.29, 1.82) is 0 Å². The van der Waals surface area contributed by atoms with Gasteiger partial charge in [-0.1, -0.05) is 30.7 Å². The van der Waals surface area contributed by atoms with Crippen LogP contribution in [0.15, 0.2) is 24.3 Å². The number of amides is 3. The lowest BCUT2D eigenvalue weighted by atomic mass is 10.3. The summed E-state index contributed by atoms with van der Waals surface area (Å²) in [6.07, 6.45) is 0.732. The van der Waals surface area contributed by atoms with Gasteiger partial charge in [0.15, 0.2) is 13.2 Å². The number of nitrogens with one attached hydrogen (secondary N) is 2. The summed E-state index contributed by atoms with van der Waals surface area (Å²) in [5.74, 6) is -1.14. The van der Waals surface area contributed by atoms with Crippen molar-refractivity contribution >= 4 is 29.5 Å². The van der Waals surface area contributed by atoms with Crippen molar-refractivity contribution in [3.8, 4) is 5.75 Å². The van der Waals surface area contributed by atoms with Crippen molar-refractivity contribution in [1.82, 2.24) is 10.6 Å². The molecule has 7 nitrogen and oxygen atoms in total. The molecule has 1 aromatic carbocycles. The van der Waals surface area contributed by atoms with E-state index < -0.39 is 31.1 Å². The average molecular weight is 343 g/mol. The van der Waals surface area contributed by atoms with Crippen molar-refractivity contribution in [3.63, 3.8) is 0 Å². The Morgan fingerprint density at radius 3 is 2.57 bits per heavy atom. The van der Waals surface area contributed by atoms with E-state index >= 15 is 0 Å². The molecule has 0 aliphatic carbocycles. The number of esters is 1. The van der Waals surface area contributed by atoms with E-state index in [2.05, 4.69) is 10.6 Å². The molecule has 1 aromatic rings. The van der Waals surface area contributed by atoms with Crippen molar-refractivity contribution in [3.05, 3.63) is 29.3 Å². The SMILES string of the molecule is CC[C@H](C)NC(=O)NC(=O)COC(=O)COc1ccccc1Cl. The average Bonchev–Trinajstić information content (AvgIpc) is 2.51. The van der Waals surface area contributed by atoms with Gasteiger partial charge in [0.2, 0.25) is 0 Å². The molecule has 126 valence electrons. The zero-order valence-electron chi connectivity index (χ0n) is 12.9. The second-order valence-corrected chi connectivity index (χ2v) is 5.12. The molecule has 0 saturated heterocycles. The van der Waals surface area contributed by atoms with Gasteiger partial charge in [0, 0.05) is 6.04 Å². The molecule has 8 heteroatoms. The number of carbonyl (C=O) groups excluding carboxylic acids is 3. The molecule has 0 radical (unpaired) electrons. The Kier molecular flexibility index (Phi) is 7.90. The summed E-state index contributed by atoms with van der Waals surface area (Å²) >= 11 is 5.86. The summed E-state index contributed by atoms with van der Waals surface area (Å²) in [7, 11) is 0. The van der Waals surface area contributed by atoms with E-state index in [1.54, 1.807) is 31.2 Å². The van der Waals surface area contributed by atoms with Gasteiger partial charge < -0.3 is 14.8 Å². The molecule has 23 heavy (non-hydrogen) atoms. The molecule has 0 aliphatic rings. The minimum atomic E-state index is -0.748. The highest BCUT2D eigenvalue weighted by Crippen LogP contribution is 2.22. The smallest absolute Gasteiger partial charge is 0.344 e. The van der Waals surface area contributed by atoms with Gasteiger partial charge >= 0.3 is 12.0 Å². The van der Waals surface area contributed by atoms with Gasteiger partial charge in [-0.05, 0) is 25.5 Å². The van der Waals surface area contributed by atoms with Crippen LogP contribution in [0.5, 0.6) is 5.75 Å². The van der Waals surface area contributed by atoms with Crippen molar-refractivity contribution in [2.24, 2.45) is 0 Å². The third-order valence-electron chi connectivity index (χ3n) is 2.79. The summed E-state index contributed by atoms with van der Waals surface area (Å²) in [6.45, 7) is 2.73. The zero-order chi connectivity index (χ0) is 17.2. The molecular weight excluding hydrogens is 324 g/mol. The van der Waals surface area contributed by atoms with Crippen LogP contribution in [0.3, 0.4) is 0 Å². The first-order valence-corrected chi connectivity index (χ1v) is 7.43. The van der Waals surface area contributed by atoms with E-state index in [4.69, 9.17) is 21.1 Å². The maximum Gasteiger partial charge on any atom is 0.344 e. The van der Waals surface area contributed by atoms with Crippen molar-refractivity contribution in [2.45, 2.75) is 26.3 Å². The van der Waals surface area contributed by atoms with E-state index in [0.717, 1.165) is 6.42 Å². The first-order valence-electron chi connectivity index (χ1n) is 7.05. The van der Waals surface area contributed by atoms with Gasteiger partial charge in [0.25, 0.3) is 5.91 Å². The third kappa shape index (κ3) is 7.51. The molecule has 0 fully saturated rings. The highest BCUT2D eigenvalue weighted by Gasteiger charge is 2.13. The Morgan fingerprint density at radius 2 is 1.91 bits per heavy atom. The lowest BCUT2D eigenvalue weighted by molar-refractivity contribution is -0.150. The Bertz CT molecular complexity index is 565. The van der Waals surface area contributed by atoms with Crippen LogP contribution in [0, 0.1) is 0 Å². The van der Waals surface area contributed by atoms with Crippen LogP contribution >= 0.6 is 11.6 Å². The first kappa shape index (κ1) is 18.8. The van der Waals surface area contributed by atoms with Gasteiger partial charge in [-0.25, -0.2) is 9.59 Å². The summed E-state index contributed by atoms with van der Waals surface area (Å²) in [5, 5.41) is 4.97. The molecule has 3 amide bonds. The van der Waals surface area contributed by atoms with E-state index in [-0.39, 0.29) is 6.04 Å². The predicted octanol–water partition coefficient (Wildman–Crippen LogP) is 1.89. The van der Waals surface area contributed by atoms with Gasteiger partial charge in [-0.15, -0.1) is 0 Å². The Balaban J connectivity index is 2.26. The molecule has 1 atom stereocenters. The van der Waals surface area contributed by atoms with Crippen LogP contribution in [0.2, 0.25) is 5.02 Å². The minimum Gasteiger partial charge on any atom is -0.480 e. The maximum absolute atomic E-state index is 11.5. The zero-order valence-corrected chi connectivity index (χ0v) is 13.7. The second kappa shape index (κ2) is 9.68. The summed E-state index contributed by atoms with van der Waals surface area (Å²) < 4.78 is 9.86. The lowest BCUT2D eigenvalue weighted by Gasteiger charge is -2.12. The highest BCUT2D eigenvalue weighted by atomic mass is 35.5. The number of benzene rings is 1. The van der Waals surface area contributed by atoms with Crippen LogP contribution < -0.4 is 15.4 Å². The monoisotopic (exact) mass is 342 g/mol. The highest BCUT2D eigenvalue weighted by molar-refractivity contribution is 6.32. The van der Waals surface area contributed by atoms with Gasteiger partial charge in [0.05, 0.1) is 5.02 Å². The number of carbonyl (C=O) groups is 3. The summed E-state index contributed by atoms with van der Waals surface area (Å²) in [4.78, 5) is 34.3. The van der Waals surface area contributed by atoms with Crippen LogP contribution in [0.1, 0.15) is 20.3 Å². The molecular formula is C15H19ClN2O5. The Hall–Kier alpha value is -2.28. The number of urea groups is 1. The minimum absolute atomic E-state index is 0.0608. The predicted molar refractivity (Wildman–Crippen MR) is 84.3 cm³/mol. The van der Waals surface area contributed by atoms with Gasteiger partial charge in [-0.2, -0.15) is 0 Å². The molecule has 2 N–H and O–H groups in total. The van der Waals surface area contributed by atoms with Crippen LogP contribution in [0.4, 0.5) is 4.79 Å². The van der Waals surface area contributed by atoms with Crippen molar-refractivity contribution in [2.75, 3.05) is 13.2 Å². The fourth-order valence-corrected chi connectivity index (χ4v) is 1.60. The quantitative estimate of drug-likeness (QED) is 0.738. The molecule has 0 saturated carbocycles. The Morgan fingerprint density at radius 1 is 1.22 bits per heavy atom. The lowest BCUT2D eigenvalue weighted by Crippen LogP contribution is -2.44. The largest absolute Gasteiger partial charge is 0.480 e. The van der Waals surface area contributed by atoms with E-state index in [0.29, 0.717) is 10.8 Å². The van der Waals surface area contributed by atoms with E-state index in [1.165, 1.54) is 0 Å². The van der Waals surface area contributed by atoms with Crippen molar-refractivity contribution < 1.29 is 23.9 Å². The fourth-order valence-electron chi connectivity index (χ4n) is 1.41. The number of para-hydroxylation sites is 1. The Labute approximate surface area is 139 Å². The van der Waals surface area contributed by atoms with E-state index in [9.17, 15) is 14.4 Å². The van der Waals surface area contributed by atoms with Gasteiger partial charge in [0.1, 0.15) is 5.75 Å². The topological polar surface area (TPSA) is 93.7 Å². The molecule has 0 spiro atoms. The van der Waals surface area contributed by atoms with E-state index in [1.807, 2.05) is 6.92 Å². The molecule has 0 unspecified atom stereocenters.